The summed E-state index contributed by atoms with van der Waals surface area (Å²) in [5.74, 6) is 1.15. The molecule has 0 saturated carbocycles. The van der Waals surface area contributed by atoms with Crippen molar-refractivity contribution >= 4 is 35.0 Å². The summed E-state index contributed by atoms with van der Waals surface area (Å²) < 4.78 is 5.74. The standard InChI is InChI=1S/C23H28N2O3S/c1-5-28-19-12-7-6-11-18(19)25-21(27)15-29-22(25)16-9-8-10-17(13-16)24-20(26)14-23(2,3)4/h6-13,22H,5,14-15H2,1-4H3,(H,24,26)/t22-/m1/s1. The van der Waals surface area contributed by atoms with Crippen molar-refractivity contribution in [1.29, 1.82) is 0 Å². The van der Waals surface area contributed by atoms with Gasteiger partial charge in [-0.25, -0.2) is 0 Å². The summed E-state index contributed by atoms with van der Waals surface area (Å²) in [7, 11) is 0. The van der Waals surface area contributed by atoms with Crippen LogP contribution in [0.25, 0.3) is 0 Å². The van der Waals surface area contributed by atoms with E-state index in [9.17, 15) is 9.59 Å². The zero-order chi connectivity index (χ0) is 21.0. The fourth-order valence-corrected chi connectivity index (χ4v) is 4.48. The summed E-state index contributed by atoms with van der Waals surface area (Å²) in [4.78, 5) is 26.8. The third kappa shape index (κ3) is 5.32. The maximum atomic E-state index is 12.7. The zero-order valence-corrected chi connectivity index (χ0v) is 18.2. The van der Waals surface area contributed by atoms with Crippen molar-refractivity contribution in [2.45, 2.75) is 39.5 Å². The van der Waals surface area contributed by atoms with Gasteiger partial charge < -0.3 is 10.1 Å². The lowest BCUT2D eigenvalue weighted by Crippen LogP contribution is -2.28. The second kappa shape index (κ2) is 8.91. The molecule has 2 aromatic rings. The van der Waals surface area contributed by atoms with Gasteiger partial charge in [-0.2, -0.15) is 0 Å². The SMILES string of the molecule is CCOc1ccccc1N1C(=O)CS[C@@H]1c1cccc(NC(=O)CC(C)(C)C)c1. The Kier molecular flexibility index (Phi) is 6.52. The van der Waals surface area contributed by atoms with Crippen LogP contribution in [0.5, 0.6) is 5.75 Å². The molecule has 1 saturated heterocycles. The molecule has 1 aliphatic rings. The minimum absolute atomic E-state index is 0.0108. The molecule has 2 amide bonds. The number of nitrogens with zero attached hydrogens (tertiary/aromatic N) is 1. The van der Waals surface area contributed by atoms with Crippen molar-refractivity contribution in [3.05, 3.63) is 54.1 Å². The van der Waals surface area contributed by atoms with E-state index in [-0.39, 0.29) is 22.6 Å². The molecular formula is C23H28N2O3S. The van der Waals surface area contributed by atoms with Crippen LogP contribution in [0.4, 0.5) is 11.4 Å². The highest BCUT2D eigenvalue weighted by Crippen LogP contribution is 2.45. The lowest BCUT2D eigenvalue weighted by molar-refractivity contribution is -0.118. The molecule has 154 valence electrons. The van der Waals surface area contributed by atoms with E-state index in [1.807, 2.05) is 76.2 Å². The van der Waals surface area contributed by atoms with Gasteiger partial charge in [0.05, 0.1) is 18.0 Å². The monoisotopic (exact) mass is 412 g/mol. The molecule has 6 heteroatoms. The molecule has 29 heavy (non-hydrogen) atoms. The molecule has 0 aliphatic carbocycles. The molecule has 1 aliphatic heterocycles. The predicted molar refractivity (Wildman–Crippen MR) is 119 cm³/mol. The molecule has 3 rings (SSSR count). The maximum absolute atomic E-state index is 12.7. The van der Waals surface area contributed by atoms with Gasteiger partial charge in [0, 0.05) is 12.1 Å². The normalized spacial score (nSPS) is 16.8. The van der Waals surface area contributed by atoms with Crippen molar-refractivity contribution in [1.82, 2.24) is 0 Å². The van der Waals surface area contributed by atoms with Crippen LogP contribution in [-0.4, -0.2) is 24.2 Å². The van der Waals surface area contributed by atoms with Crippen molar-refractivity contribution in [2.24, 2.45) is 5.41 Å². The minimum atomic E-state index is -0.163. The van der Waals surface area contributed by atoms with Gasteiger partial charge >= 0.3 is 0 Å². The van der Waals surface area contributed by atoms with Crippen molar-refractivity contribution in [3.63, 3.8) is 0 Å². The predicted octanol–water partition coefficient (Wildman–Crippen LogP) is 5.24. The van der Waals surface area contributed by atoms with Crippen LogP contribution in [-0.2, 0) is 9.59 Å². The Morgan fingerprint density at radius 1 is 1.21 bits per heavy atom. The van der Waals surface area contributed by atoms with E-state index in [0.29, 0.717) is 24.5 Å². The summed E-state index contributed by atoms with van der Waals surface area (Å²) in [5.41, 5.74) is 2.42. The van der Waals surface area contributed by atoms with Gasteiger partial charge in [0.15, 0.2) is 0 Å². The molecule has 0 spiro atoms. The van der Waals surface area contributed by atoms with Gasteiger partial charge in [-0.05, 0) is 42.2 Å². The first-order chi connectivity index (χ1) is 13.8. The second-order valence-electron chi connectivity index (χ2n) is 8.24. The molecule has 1 fully saturated rings. The van der Waals surface area contributed by atoms with Crippen LogP contribution >= 0.6 is 11.8 Å². The highest BCUT2D eigenvalue weighted by atomic mass is 32.2. The molecule has 5 nitrogen and oxygen atoms in total. The fraction of sp³-hybridized carbons (Fsp3) is 0.391. The second-order valence-corrected chi connectivity index (χ2v) is 9.31. The van der Waals surface area contributed by atoms with Crippen molar-refractivity contribution in [2.75, 3.05) is 22.6 Å². The number of rotatable bonds is 6. The number of hydrogen-bond donors (Lipinski definition) is 1. The van der Waals surface area contributed by atoms with Gasteiger partial charge in [0.25, 0.3) is 0 Å². The first-order valence-corrected chi connectivity index (χ1v) is 10.9. The van der Waals surface area contributed by atoms with Crippen molar-refractivity contribution in [3.8, 4) is 5.75 Å². The molecule has 0 radical (unpaired) electrons. The van der Waals surface area contributed by atoms with E-state index >= 15 is 0 Å². The third-order valence-electron chi connectivity index (χ3n) is 4.44. The Morgan fingerprint density at radius 2 is 1.97 bits per heavy atom. The average Bonchev–Trinajstić information content (AvgIpc) is 3.02. The summed E-state index contributed by atoms with van der Waals surface area (Å²) in [6, 6.07) is 15.4. The van der Waals surface area contributed by atoms with Crippen LogP contribution in [0.3, 0.4) is 0 Å². The van der Waals surface area contributed by atoms with Crippen molar-refractivity contribution < 1.29 is 14.3 Å². The number of para-hydroxylation sites is 2. The number of ether oxygens (including phenoxy) is 1. The number of nitrogens with one attached hydrogen (secondary N) is 1. The van der Waals surface area contributed by atoms with Crippen LogP contribution in [0.15, 0.2) is 48.5 Å². The largest absolute Gasteiger partial charge is 0.492 e. The first kappa shape index (κ1) is 21.2. The summed E-state index contributed by atoms with van der Waals surface area (Å²) in [6.45, 7) is 8.58. The first-order valence-electron chi connectivity index (χ1n) is 9.84. The van der Waals surface area contributed by atoms with Gasteiger partial charge in [-0.15, -0.1) is 11.8 Å². The Bertz CT molecular complexity index is 892. The number of hydrogen-bond acceptors (Lipinski definition) is 4. The Balaban J connectivity index is 1.86. The number of benzene rings is 2. The van der Waals surface area contributed by atoms with E-state index in [0.717, 1.165) is 16.9 Å². The Hall–Kier alpha value is -2.47. The molecule has 0 aromatic heterocycles. The summed E-state index contributed by atoms with van der Waals surface area (Å²) in [6.07, 6.45) is 0.446. The van der Waals surface area contributed by atoms with Gasteiger partial charge in [0.2, 0.25) is 11.8 Å². The zero-order valence-electron chi connectivity index (χ0n) is 17.4. The molecule has 0 bridgehead atoms. The topological polar surface area (TPSA) is 58.6 Å². The number of thioether (sulfide) groups is 1. The van der Waals surface area contributed by atoms with E-state index in [2.05, 4.69) is 5.32 Å². The van der Waals surface area contributed by atoms with Crippen LogP contribution in [0.2, 0.25) is 0 Å². The molecule has 0 unspecified atom stereocenters. The summed E-state index contributed by atoms with van der Waals surface area (Å²) in [5, 5.41) is 2.82. The quantitative estimate of drug-likeness (QED) is 0.705. The van der Waals surface area contributed by atoms with Gasteiger partial charge in [0.1, 0.15) is 11.1 Å². The van der Waals surface area contributed by atoms with E-state index < -0.39 is 0 Å². The van der Waals surface area contributed by atoms with Crippen LogP contribution in [0, 0.1) is 5.41 Å². The molecular weight excluding hydrogens is 384 g/mol. The Labute approximate surface area is 176 Å². The number of amides is 2. The van der Waals surface area contributed by atoms with Gasteiger partial charge in [-0.1, -0.05) is 45.0 Å². The molecule has 2 aromatic carbocycles. The maximum Gasteiger partial charge on any atom is 0.238 e. The van der Waals surface area contributed by atoms with Crippen LogP contribution < -0.4 is 15.0 Å². The van der Waals surface area contributed by atoms with Crippen LogP contribution in [0.1, 0.15) is 45.1 Å². The fourth-order valence-electron chi connectivity index (χ4n) is 3.32. The number of carbonyl (C=O) groups excluding carboxylic acids is 2. The van der Waals surface area contributed by atoms with E-state index in [1.54, 1.807) is 16.7 Å². The lowest BCUT2D eigenvalue weighted by Gasteiger charge is -2.26. The molecule has 1 atom stereocenters. The smallest absolute Gasteiger partial charge is 0.238 e. The molecule has 1 N–H and O–H groups in total. The number of carbonyl (C=O) groups is 2. The van der Waals surface area contributed by atoms with E-state index in [4.69, 9.17) is 4.74 Å². The minimum Gasteiger partial charge on any atom is -0.492 e. The third-order valence-corrected chi connectivity index (χ3v) is 5.65. The highest BCUT2D eigenvalue weighted by molar-refractivity contribution is 8.00. The Morgan fingerprint density at radius 3 is 2.69 bits per heavy atom. The highest BCUT2D eigenvalue weighted by Gasteiger charge is 2.35. The lowest BCUT2D eigenvalue weighted by atomic mass is 9.92. The average molecular weight is 413 g/mol. The van der Waals surface area contributed by atoms with E-state index in [1.165, 1.54) is 0 Å². The number of anilines is 2. The summed E-state index contributed by atoms with van der Waals surface area (Å²) >= 11 is 1.58. The molecule has 1 heterocycles. The van der Waals surface area contributed by atoms with Gasteiger partial charge in [-0.3, -0.25) is 14.5 Å².